The number of hydrogen-bond donors (Lipinski definition) is 1. The highest BCUT2D eigenvalue weighted by molar-refractivity contribution is 5.74. The second-order valence-corrected chi connectivity index (χ2v) is 10.3. The highest BCUT2D eigenvalue weighted by atomic mass is 16.7. The Morgan fingerprint density at radius 1 is 0.976 bits per heavy atom. The minimum Gasteiger partial charge on any atom is -0.497 e. The highest BCUT2D eigenvalue weighted by Crippen LogP contribution is 2.47. The van der Waals surface area contributed by atoms with Crippen molar-refractivity contribution in [1.82, 2.24) is 9.80 Å². The Kier molecular flexibility index (Phi) is 8.94. The van der Waals surface area contributed by atoms with Crippen LogP contribution in [0.25, 0.3) is 0 Å². The second kappa shape index (κ2) is 13.0. The van der Waals surface area contributed by atoms with Crippen LogP contribution in [0.4, 0.5) is 4.79 Å². The highest BCUT2D eigenvalue weighted by Gasteiger charge is 2.47. The molecule has 0 radical (unpaired) electrons. The Morgan fingerprint density at radius 3 is 2.41 bits per heavy atom. The molecule has 3 atom stereocenters. The van der Waals surface area contributed by atoms with E-state index in [4.69, 9.17) is 18.9 Å². The Morgan fingerprint density at radius 2 is 1.71 bits per heavy atom. The van der Waals surface area contributed by atoms with Crippen molar-refractivity contribution in [2.24, 2.45) is 5.92 Å². The maximum absolute atomic E-state index is 13.1. The zero-order chi connectivity index (χ0) is 28.8. The molecule has 9 nitrogen and oxygen atoms in total. The molecule has 0 aromatic heterocycles. The largest absolute Gasteiger partial charge is 0.497 e. The number of aliphatic carboxylic acids is 1. The Hall–Kier alpha value is -4.24. The first-order valence-electron chi connectivity index (χ1n) is 13.9. The van der Waals surface area contributed by atoms with Crippen LogP contribution in [0.3, 0.4) is 0 Å². The molecule has 0 saturated carbocycles. The lowest BCUT2D eigenvalue weighted by Gasteiger charge is -2.30. The molecule has 0 bridgehead atoms. The van der Waals surface area contributed by atoms with Gasteiger partial charge in [-0.05, 0) is 47.4 Å². The van der Waals surface area contributed by atoms with E-state index in [1.165, 1.54) is 0 Å². The Bertz CT molecular complexity index is 1330. The van der Waals surface area contributed by atoms with Crippen LogP contribution in [0.5, 0.6) is 17.2 Å². The molecule has 9 heteroatoms. The van der Waals surface area contributed by atoms with Gasteiger partial charge in [-0.25, -0.2) is 4.79 Å². The van der Waals surface area contributed by atoms with Crippen molar-refractivity contribution in [3.63, 3.8) is 0 Å². The summed E-state index contributed by atoms with van der Waals surface area (Å²) in [6.45, 7) is 4.32. The molecule has 0 aliphatic carbocycles. The number of methoxy groups -OCH3 is 1. The van der Waals surface area contributed by atoms with E-state index >= 15 is 0 Å². The van der Waals surface area contributed by atoms with Gasteiger partial charge >= 0.3 is 12.1 Å². The number of likely N-dealkylation sites (tertiary alicyclic amines) is 1. The fourth-order valence-corrected chi connectivity index (χ4v) is 5.76. The summed E-state index contributed by atoms with van der Waals surface area (Å²) in [5.41, 5.74) is 2.69. The van der Waals surface area contributed by atoms with E-state index in [1.807, 2.05) is 79.7 Å². The lowest BCUT2D eigenvalue weighted by Crippen LogP contribution is -2.40. The quantitative estimate of drug-likeness (QED) is 0.337. The molecule has 3 aromatic rings. The maximum atomic E-state index is 13.1. The van der Waals surface area contributed by atoms with Crippen molar-refractivity contribution in [2.45, 2.75) is 31.9 Å². The van der Waals surface area contributed by atoms with Crippen LogP contribution in [0.2, 0.25) is 0 Å². The molecule has 3 aromatic carbocycles. The first-order valence-corrected chi connectivity index (χ1v) is 13.9. The molecule has 5 rings (SSSR count). The third-order valence-corrected chi connectivity index (χ3v) is 7.78. The minimum absolute atomic E-state index is 0.153. The van der Waals surface area contributed by atoms with Crippen LogP contribution in [0.1, 0.15) is 42.0 Å². The van der Waals surface area contributed by atoms with Crippen LogP contribution in [-0.2, 0) is 16.1 Å². The average molecular weight is 561 g/mol. The third-order valence-electron chi connectivity index (χ3n) is 7.78. The van der Waals surface area contributed by atoms with Gasteiger partial charge in [0.1, 0.15) is 12.4 Å². The van der Waals surface area contributed by atoms with Gasteiger partial charge in [0.15, 0.2) is 11.5 Å². The van der Waals surface area contributed by atoms with E-state index in [0.717, 1.165) is 23.1 Å². The fraction of sp³-hybridized carbons (Fsp3) is 0.375. The number of nitrogens with zero attached hydrogens (tertiary/aromatic N) is 2. The SMILES string of the molecule is CCCN(CCN1CC(c2ccc3c(c2)OCO3)[C@H](C(=O)O)[C@H]1c1ccc(OC)cc1)C(=O)OCc1ccccc1. The van der Waals surface area contributed by atoms with Crippen LogP contribution < -0.4 is 14.2 Å². The summed E-state index contributed by atoms with van der Waals surface area (Å²) in [5.74, 6) is 0.108. The monoisotopic (exact) mass is 560 g/mol. The van der Waals surface area contributed by atoms with Gasteiger partial charge in [-0.1, -0.05) is 55.5 Å². The molecule has 1 fully saturated rings. The summed E-state index contributed by atoms with van der Waals surface area (Å²) in [6, 6.07) is 22.4. The lowest BCUT2D eigenvalue weighted by molar-refractivity contribution is -0.143. The minimum atomic E-state index is -0.872. The van der Waals surface area contributed by atoms with Gasteiger partial charge in [0.25, 0.3) is 0 Å². The molecule has 216 valence electrons. The number of carboxylic acid groups (broad SMARTS) is 1. The van der Waals surface area contributed by atoms with Crippen molar-refractivity contribution >= 4 is 12.1 Å². The fourth-order valence-electron chi connectivity index (χ4n) is 5.76. The predicted molar refractivity (Wildman–Crippen MR) is 152 cm³/mol. The number of carbonyl (C=O) groups excluding carboxylic acids is 1. The standard InChI is InChI=1S/C32H36N2O7/c1-3-15-33(32(37)39-20-22-7-5-4-6-8-22)16-17-34-19-26(24-11-14-27-28(18-24)41-21-40-27)29(31(35)36)30(34)23-9-12-25(38-2)13-10-23/h4-14,18,26,29-30H,3,15-17,19-21H2,1-2H3,(H,35,36)/t26?,29-,30+/m0/s1. The molecule has 1 saturated heterocycles. The van der Waals surface area contributed by atoms with Crippen molar-refractivity contribution in [2.75, 3.05) is 40.1 Å². The summed E-state index contributed by atoms with van der Waals surface area (Å²) in [6.07, 6.45) is 0.401. The zero-order valence-electron chi connectivity index (χ0n) is 23.4. The van der Waals surface area contributed by atoms with Crippen molar-refractivity contribution in [3.05, 3.63) is 89.5 Å². The number of carbonyl (C=O) groups is 2. The van der Waals surface area contributed by atoms with Gasteiger partial charge in [-0.3, -0.25) is 9.69 Å². The van der Waals surface area contributed by atoms with Gasteiger partial charge in [0.05, 0.1) is 13.0 Å². The van der Waals surface area contributed by atoms with E-state index < -0.39 is 17.9 Å². The molecule has 1 N–H and O–H groups in total. The summed E-state index contributed by atoms with van der Waals surface area (Å²) in [4.78, 5) is 29.8. The van der Waals surface area contributed by atoms with Crippen LogP contribution >= 0.6 is 0 Å². The van der Waals surface area contributed by atoms with Crippen LogP contribution in [0.15, 0.2) is 72.8 Å². The lowest BCUT2D eigenvalue weighted by atomic mass is 9.82. The molecular weight excluding hydrogens is 524 g/mol. The van der Waals surface area contributed by atoms with E-state index in [9.17, 15) is 14.7 Å². The van der Waals surface area contributed by atoms with Gasteiger partial charge in [0, 0.05) is 38.1 Å². The Balaban J connectivity index is 1.38. The number of fused-ring (bicyclic) bond motifs is 1. The molecular formula is C32H36N2O7. The topological polar surface area (TPSA) is 97.8 Å². The smallest absolute Gasteiger partial charge is 0.410 e. The van der Waals surface area contributed by atoms with Crippen molar-refractivity contribution in [3.8, 4) is 17.2 Å². The normalized spacial score (nSPS) is 19.6. The Labute approximate surface area is 240 Å². The zero-order valence-corrected chi connectivity index (χ0v) is 23.4. The maximum Gasteiger partial charge on any atom is 0.410 e. The number of carboxylic acids is 1. The third kappa shape index (κ3) is 6.41. The number of amides is 1. The summed E-state index contributed by atoms with van der Waals surface area (Å²) in [5, 5.41) is 10.5. The van der Waals surface area contributed by atoms with E-state index in [-0.39, 0.29) is 25.4 Å². The molecule has 0 spiro atoms. The molecule has 2 aliphatic heterocycles. The molecule has 2 heterocycles. The molecule has 41 heavy (non-hydrogen) atoms. The van der Waals surface area contributed by atoms with Gasteiger partial charge in [-0.15, -0.1) is 0 Å². The van der Waals surface area contributed by atoms with Gasteiger partial charge in [0.2, 0.25) is 6.79 Å². The van der Waals surface area contributed by atoms with Gasteiger partial charge in [-0.2, -0.15) is 0 Å². The van der Waals surface area contributed by atoms with Gasteiger partial charge < -0.3 is 29.0 Å². The van der Waals surface area contributed by atoms with Crippen LogP contribution in [0, 0.1) is 5.92 Å². The molecule has 1 amide bonds. The first-order chi connectivity index (χ1) is 20.0. The predicted octanol–water partition coefficient (Wildman–Crippen LogP) is 5.31. The molecule has 2 aliphatic rings. The van der Waals surface area contributed by atoms with E-state index in [1.54, 1.807) is 12.0 Å². The number of hydrogen-bond acceptors (Lipinski definition) is 7. The van der Waals surface area contributed by atoms with E-state index in [2.05, 4.69) is 4.90 Å². The molecule has 1 unspecified atom stereocenters. The summed E-state index contributed by atoms with van der Waals surface area (Å²) < 4.78 is 22.0. The van der Waals surface area contributed by atoms with Crippen LogP contribution in [-0.4, -0.2) is 67.1 Å². The average Bonchev–Trinajstić information content (AvgIpc) is 3.63. The first kappa shape index (κ1) is 28.3. The number of rotatable bonds is 11. The number of benzene rings is 3. The van der Waals surface area contributed by atoms with E-state index in [0.29, 0.717) is 43.4 Å². The summed E-state index contributed by atoms with van der Waals surface area (Å²) >= 11 is 0. The second-order valence-electron chi connectivity index (χ2n) is 10.3. The van der Waals surface area contributed by atoms with Crippen molar-refractivity contribution < 1.29 is 33.6 Å². The number of ether oxygens (including phenoxy) is 4. The van der Waals surface area contributed by atoms with Crippen molar-refractivity contribution in [1.29, 1.82) is 0 Å². The summed E-state index contributed by atoms with van der Waals surface area (Å²) in [7, 11) is 1.60.